The van der Waals surface area contributed by atoms with E-state index in [0.717, 1.165) is 25.5 Å². The van der Waals surface area contributed by atoms with E-state index in [9.17, 15) is 0 Å². The second-order valence-corrected chi connectivity index (χ2v) is 7.54. The Balaban J connectivity index is 0.00000208. The molecule has 0 radical (unpaired) electrons. The Morgan fingerprint density at radius 1 is 1.33 bits per heavy atom. The van der Waals surface area contributed by atoms with Crippen molar-refractivity contribution >= 4 is 29.9 Å². The van der Waals surface area contributed by atoms with Crippen LogP contribution in [0.5, 0.6) is 0 Å². The first-order chi connectivity index (χ1) is 10.9. The fourth-order valence-electron chi connectivity index (χ4n) is 4.18. The number of ether oxygens (including phenoxy) is 1. The highest BCUT2D eigenvalue weighted by atomic mass is 127. The second-order valence-electron chi connectivity index (χ2n) is 7.54. The van der Waals surface area contributed by atoms with Gasteiger partial charge in [0.25, 0.3) is 0 Å². The lowest BCUT2D eigenvalue weighted by atomic mass is 9.57. The largest absolute Gasteiger partial charge is 0.377 e. The molecule has 3 unspecified atom stereocenters. The van der Waals surface area contributed by atoms with Crippen molar-refractivity contribution in [3.63, 3.8) is 0 Å². The molecule has 1 aromatic rings. The van der Waals surface area contributed by atoms with E-state index in [0.29, 0.717) is 18.1 Å². The van der Waals surface area contributed by atoms with Crippen molar-refractivity contribution in [2.75, 3.05) is 13.7 Å². The van der Waals surface area contributed by atoms with Crippen molar-refractivity contribution in [2.24, 2.45) is 16.3 Å². The first kappa shape index (κ1) is 19.5. The third-order valence-electron chi connectivity index (χ3n) is 5.56. The second kappa shape index (κ2) is 7.60. The number of guanidine groups is 1. The van der Waals surface area contributed by atoms with Gasteiger partial charge >= 0.3 is 0 Å². The average Bonchev–Trinajstić information content (AvgIpc) is 2.96. The van der Waals surface area contributed by atoms with Crippen LogP contribution in [0.4, 0.5) is 0 Å². The topological polar surface area (TPSA) is 45.7 Å². The predicted molar refractivity (Wildman–Crippen MR) is 110 cm³/mol. The van der Waals surface area contributed by atoms with Gasteiger partial charge in [0.1, 0.15) is 0 Å². The molecule has 2 N–H and O–H groups in total. The van der Waals surface area contributed by atoms with Crippen LogP contribution in [-0.4, -0.2) is 31.8 Å². The Morgan fingerprint density at radius 3 is 2.75 bits per heavy atom. The molecule has 134 valence electrons. The van der Waals surface area contributed by atoms with E-state index in [1.807, 2.05) is 7.05 Å². The van der Waals surface area contributed by atoms with E-state index in [-0.39, 0.29) is 29.4 Å². The maximum absolute atomic E-state index is 5.87. The van der Waals surface area contributed by atoms with Gasteiger partial charge < -0.3 is 15.4 Å². The van der Waals surface area contributed by atoms with Crippen molar-refractivity contribution in [3.05, 3.63) is 34.9 Å². The van der Waals surface area contributed by atoms with Gasteiger partial charge in [-0.15, -0.1) is 24.0 Å². The Kier molecular flexibility index (Phi) is 6.18. The number of nitrogens with one attached hydrogen (secondary N) is 2. The molecule has 0 spiro atoms. The number of fused-ring (bicyclic) bond motifs is 1. The first-order valence-corrected chi connectivity index (χ1v) is 8.58. The molecule has 1 aliphatic heterocycles. The van der Waals surface area contributed by atoms with E-state index < -0.39 is 0 Å². The highest BCUT2D eigenvalue weighted by Gasteiger charge is 2.59. The molecule has 24 heavy (non-hydrogen) atoms. The lowest BCUT2D eigenvalue weighted by molar-refractivity contribution is -0.106. The molecule has 0 bridgehead atoms. The minimum atomic E-state index is 0. The van der Waals surface area contributed by atoms with Gasteiger partial charge in [-0.2, -0.15) is 0 Å². The molecule has 0 aromatic heterocycles. The Hall–Kier alpha value is -0.820. The van der Waals surface area contributed by atoms with E-state index >= 15 is 0 Å². The normalized spacial score (nSPS) is 27.7. The summed E-state index contributed by atoms with van der Waals surface area (Å²) in [5, 5.41) is 7.09. The molecule has 1 aromatic carbocycles. The third-order valence-corrected chi connectivity index (χ3v) is 5.56. The number of aryl methyl sites for hydroxylation is 2. The zero-order valence-corrected chi connectivity index (χ0v) is 17.7. The molecular formula is C19H30IN3O. The smallest absolute Gasteiger partial charge is 0.191 e. The molecule has 1 aliphatic carbocycles. The number of halogens is 1. The summed E-state index contributed by atoms with van der Waals surface area (Å²) in [5.74, 6) is 1.50. The molecule has 1 saturated carbocycles. The summed E-state index contributed by atoms with van der Waals surface area (Å²) >= 11 is 0. The fraction of sp³-hybridized carbons (Fsp3) is 0.632. The summed E-state index contributed by atoms with van der Waals surface area (Å²) in [6, 6.07) is 7.01. The Morgan fingerprint density at radius 2 is 2.08 bits per heavy atom. The monoisotopic (exact) mass is 443 g/mol. The maximum Gasteiger partial charge on any atom is 0.191 e. The van der Waals surface area contributed by atoms with Gasteiger partial charge in [-0.25, -0.2) is 0 Å². The van der Waals surface area contributed by atoms with Gasteiger partial charge in [-0.3, -0.25) is 4.99 Å². The molecule has 3 atom stereocenters. The number of aliphatic imine (C=N–C) groups is 1. The van der Waals surface area contributed by atoms with E-state index in [4.69, 9.17) is 4.74 Å². The summed E-state index contributed by atoms with van der Waals surface area (Å²) < 4.78 is 5.87. The molecule has 2 aliphatic rings. The molecule has 3 rings (SSSR count). The van der Waals surface area contributed by atoms with Crippen LogP contribution in [0.1, 0.15) is 37.0 Å². The Labute approximate surface area is 162 Å². The maximum atomic E-state index is 5.87. The lowest BCUT2D eigenvalue weighted by Gasteiger charge is -2.54. The molecule has 2 fully saturated rings. The van der Waals surface area contributed by atoms with Crippen LogP contribution in [0.15, 0.2) is 23.2 Å². The third kappa shape index (κ3) is 3.57. The molecule has 4 nitrogen and oxygen atoms in total. The summed E-state index contributed by atoms with van der Waals surface area (Å²) in [6.45, 7) is 10.6. The summed E-state index contributed by atoms with van der Waals surface area (Å²) in [4.78, 5) is 4.41. The summed E-state index contributed by atoms with van der Waals surface area (Å²) in [5.41, 5.74) is 4.10. The quantitative estimate of drug-likeness (QED) is 0.428. The van der Waals surface area contributed by atoms with Crippen molar-refractivity contribution < 1.29 is 4.74 Å². The molecule has 0 amide bonds. The van der Waals surface area contributed by atoms with Crippen LogP contribution >= 0.6 is 24.0 Å². The number of hydrogen-bond acceptors (Lipinski definition) is 2. The van der Waals surface area contributed by atoms with Crippen LogP contribution in [0.25, 0.3) is 0 Å². The predicted octanol–water partition coefficient (Wildman–Crippen LogP) is 3.40. The van der Waals surface area contributed by atoms with Crippen molar-refractivity contribution in [1.82, 2.24) is 10.6 Å². The average molecular weight is 443 g/mol. The number of nitrogens with zero attached hydrogens (tertiary/aromatic N) is 1. The van der Waals surface area contributed by atoms with Gasteiger partial charge in [0.05, 0.1) is 6.10 Å². The van der Waals surface area contributed by atoms with Crippen molar-refractivity contribution in [2.45, 2.75) is 52.8 Å². The van der Waals surface area contributed by atoms with Crippen molar-refractivity contribution in [3.8, 4) is 0 Å². The van der Waals surface area contributed by atoms with Gasteiger partial charge in [-0.05, 0) is 31.4 Å². The summed E-state index contributed by atoms with van der Waals surface area (Å²) in [6.07, 6.45) is 1.55. The highest BCUT2D eigenvalue weighted by Crippen LogP contribution is 2.52. The van der Waals surface area contributed by atoms with E-state index in [2.05, 4.69) is 61.5 Å². The molecule has 1 saturated heterocycles. The van der Waals surface area contributed by atoms with Gasteiger partial charge in [0.15, 0.2) is 5.96 Å². The van der Waals surface area contributed by atoms with Crippen LogP contribution in [0.2, 0.25) is 0 Å². The SMILES string of the molecule is CN=C(NCc1ccc(C)cc1C)NC1C2CCOC2C1(C)C.I. The van der Waals surface area contributed by atoms with Crippen LogP contribution in [0.3, 0.4) is 0 Å². The standard InChI is InChI=1S/C19H29N3O.HI/c1-12-6-7-14(13(2)10-12)11-21-18(20-5)22-16-15-8-9-23-17(15)19(16,3)4;/h6-7,10,15-17H,8-9,11H2,1-5H3,(H2,20,21,22);1H. The minimum Gasteiger partial charge on any atom is -0.377 e. The summed E-state index contributed by atoms with van der Waals surface area (Å²) in [7, 11) is 1.84. The van der Waals surface area contributed by atoms with Crippen LogP contribution in [0, 0.1) is 25.2 Å². The Bertz CT molecular complexity index is 615. The van der Waals surface area contributed by atoms with E-state index in [1.54, 1.807) is 0 Å². The number of rotatable bonds is 3. The molecular weight excluding hydrogens is 413 g/mol. The number of hydrogen-bond donors (Lipinski definition) is 2. The van der Waals surface area contributed by atoms with Crippen molar-refractivity contribution in [1.29, 1.82) is 0 Å². The number of benzene rings is 1. The molecule has 5 heteroatoms. The first-order valence-electron chi connectivity index (χ1n) is 8.58. The van der Waals surface area contributed by atoms with Crippen LogP contribution in [-0.2, 0) is 11.3 Å². The van der Waals surface area contributed by atoms with Gasteiger partial charge in [0.2, 0.25) is 0 Å². The van der Waals surface area contributed by atoms with Gasteiger partial charge in [0, 0.05) is 37.6 Å². The van der Waals surface area contributed by atoms with Crippen LogP contribution < -0.4 is 10.6 Å². The zero-order valence-electron chi connectivity index (χ0n) is 15.3. The van der Waals surface area contributed by atoms with E-state index in [1.165, 1.54) is 16.7 Å². The lowest BCUT2D eigenvalue weighted by Crippen LogP contribution is -2.67. The fourth-order valence-corrected chi connectivity index (χ4v) is 4.18. The van der Waals surface area contributed by atoms with Gasteiger partial charge in [-0.1, -0.05) is 37.6 Å². The minimum absolute atomic E-state index is 0. The zero-order chi connectivity index (χ0) is 16.6. The molecule has 1 heterocycles. The highest BCUT2D eigenvalue weighted by molar-refractivity contribution is 14.0.